The molecule has 1 aromatic carbocycles. The van der Waals surface area contributed by atoms with Crippen LogP contribution in [0.4, 0.5) is 4.39 Å². The molecule has 0 aliphatic rings. The summed E-state index contributed by atoms with van der Waals surface area (Å²) in [5, 5.41) is 1.18. The molecule has 0 unspecified atom stereocenters. The van der Waals surface area contributed by atoms with Crippen LogP contribution in [-0.2, 0) is 0 Å². The fraction of sp³-hybridized carbons (Fsp3) is 0. The van der Waals surface area contributed by atoms with Crippen molar-refractivity contribution in [2.75, 3.05) is 0 Å². The van der Waals surface area contributed by atoms with Gasteiger partial charge in [-0.25, -0.2) is 4.39 Å². The second-order valence-corrected chi connectivity index (χ2v) is 3.90. The highest BCUT2D eigenvalue weighted by atomic mass is 35.5. The van der Waals surface area contributed by atoms with Crippen LogP contribution >= 0.6 is 34.8 Å². The molecule has 0 atom stereocenters. The Morgan fingerprint density at radius 2 is 1.79 bits per heavy atom. The monoisotopic (exact) mass is 249 g/mol. The number of benzene rings is 1. The molecule has 0 spiro atoms. The van der Waals surface area contributed by atoms with Gasteiger partial charge in [0, 0.05) is 11.6 Å². The third-order valence-electron chi connectivity index (χ3n) is 1.78. The average Bonchev–Trinajstić information content (AvgIpc) is 2.12. The van der Waals surface area contributed by atoms with Gasteiger partial charge < -0.3 is 0 Å². The van der Waals surface area contributed by atoms with Crippen LogP contribution in [0.3, 0.4) is 0 Å². The van der Waals surface area contributed by atoms with Crippen LogP contribution in [0.5, 0.6) is 0 Å². The fourth-order valence-electron chi connectivity index (χ4n) is 1.17. The van der Waals surface area contributed by atoms with Gasteiger partial charge in [-0.1, -0.05) is 34.8 Å². The van der Waals surface area contributed by atoms with E-state index in [0.29, 0.717) is 10.9 Å². The molecule has 5 heteroatoms. The Kier molecular flexibility index (Phi) is 2.52. The molecule has 72 valence electrons. The van der Waals surface area contributed by atoms with Crippen molar-refractivity contribution in [1.29, 1.82) is 0 Å². The molecule has 1 aromatic heterocycles. The Morgan fingerprint density at radius 3 is 2.50 bits per heavy atom. The number of nitrogens with zero attached hydrogens (tertiary/aromatic N) is 1. The van der Waals surface area contributed by atoms with E-state index < -0.39 is 5.82 Å². The maximum atomic E-state index is 13.0. The molecule has 0 aliphatic carbocycles. The zero-order chi connectivity index (χ0) is 10.3. The van der Waals surface area contributed by atoms with Crippen molar-refractivity contribution in [3.63, 3.8) is 0 Å². The minimum absolute atomic E-state index is 0.221. The summed E-state index contributed by atoms with van der Waals surface area (Å²) in [5.74, 6) is -0.464. The van der Waals surface area contributed by atoms with Gasteiger partial charge in [0.1, 0.15) is 5.82 Å². The summed E-state index contributed by atoms with van der Waals surface area (Å²) < 4.78 is 13.0. The highest BCUT2D eigenvalue weighted by molar-refractivity contribution is 6.46. The van der Waals surface area contributed by atoms with Gasteiger partial charge in [0.25, 0.3) is 0 Å². The van der Waals surface area contributed by atoms with E-state index >= 15 is 0 Å². The summed E-state index contributed by atoms with van der Waals surface area (Å²) in [7, 11) is 0. The van der Waals surface area contributed by atoms with Gasteiger partial charge in [0.15, 0.2) is 0 Å². The lowest BCUT2D eigenvalue weighted by Crippen LogP contribution is -1.84. The van der Waals surface area contributed by atoms with Crippen LogP contribution in [0.15, 0.2) is 18.3 Å². The van der Waals surface area contributed by atoms with Crippen LogP contribution in [-0.4, -0.2) is 4.98 Å². The standard InChI is InChI=1S/C9H3Cl3FN/c10-6-2-4(13)1-5-8(12)7(11)3-14-9(5)6/h1-3H. The second-order valence-electron chi connectivity index (χ2n) is 2.70. The molecule has 0 radical (unpaired) electrons. The molecule has 0 aliphatic heterocycles. The third-order valence-corrected chi connectivity index (χ3v) is 2.86. The predicted octanol–water partition coefficient (Wildman–Crippen LogP) is 4.33. The van der Waals surface area contributed by atoms with E-state index in [1.54, 1.807) is 0 Å². The Labute approximate surface area is 94.4 Å². The zero-order valence-electron chi connectivity index (χ0n) is 6.69. The molecule has 0 bridgehead atoms. The maximum Gasteiger partial charge on any atom is 0.125 e. The first-order valence-electron chi connectivity index (χ1n) is 3.68. The van der Waals surface area contributed by atoms with E-state index in [4.69, 9.17) is 34.8 Å². The first-order chi connectivity index (χ1) is 6.59. The number of fused-ring (bicyclic) bond motifs is 1. The topological polar surface area (TPSA) is 12.9 Å². The lowest BCUT2D eigenvalue weighted by molar-refractivity contribution is 0.629. The largest absolute Gasteiger partial charge is 0.253 e. The Balaban J connectivity index is 2.95. The van der Waals surface area contributed by atoms with E-state index in [1.807, 2.05) is 0 Å². The van der Waals surface area contributed by atoms with Crippen LogP contribution in [0.2, 0.25) is 15.1 Å². The smallest absolute Gasteiger partial charge is 0.125 e. The van der Waals surface area contributed by atoms with E-state index in [2.05, 4.69) is 4.98 Å². The number of aromatic nitrogens is 1. The van der Waals surface area contributed by atoms with Gasteiger partial charge in [-0.05, 0) is 12.1 Å². The van der Waals surface area contributed by atoms with Crippen LogP contribution in [0.1, 0.15) is 0 Å². The minimum Gasteiger partial charge on any atom is -0.253 e. The first kappa shape index (κ1) is 9.97. The van der Waals surface area contributed by atoms with Crippen molar-refractivity contribution in [2.24, 2.45) is 0 Å². The van der Waals surface area contributed by atoms with Crippen LogP contribution in [0.25, 0.3) is 10.9 Å². The summed E-state index contributed by atoms with van der Waals surface area (Å²) in [6.45, 7) is 0. The van der Waals surface area contributed by atoms with Crippen molar-refractivity contribution < 1.29 is 4.39 Å². The lowest BCUT2D eigenvalue weighted by Gasteiger charge is -2.03. The third kappa shape index (κ3) is 1.54. The van der Waals surface area contributed by atoms with E-state index in [-0.39, 0.29) is 15.1 Å². The molecule has 1 nitrogen and oxygen atoms in total. The zero-order valence-corrected chi connectivity index (χ0v) is 8.96. The van der Waals surface area contributed by atoms with Crippen molar-refractivity contribution in [3.8, 4) is 0 Å². The summed E-state index contributed by atoms with van der Waals surface area (Å²) >= 11 is 17.4. The molecule has 2 rings (SSSR count). The first-order valence-corrected chi connectivity index (χ1v) is 4.82. The van der Waals surface area contributed by atoms with Crippen molar-refractivity contribution in [1.82, 2.24) is 4.98 Å². The molecule has 1 heterocycles. The van der Waals surface area contributed by atoms with Crippen LogP contribution < -0.4 is 0 Å². The molecule has 0 saturated heterocycles. The molecular weight excluding hydrogens is 247 g/mol. The number of pyridine rings is 1. The van der Waals surface area contributed by atoms with Gasteiger partial charge in [-0.15, -0.1) is 0 Å². The van der Waals surface area contributed by atoms with Gasteiger partial charge in [-0.2, -0.15) is 0 Å². The molecule has 14 heavy (non-hydrogen) atoms. The Morgan fingerprint density at radius 1 is 1.07 bits per heavy atom. The van der Waals surface area contributed by atoms with E-state index in [9.17, 15) is 4.39 Å². The molecule has 0 amide bonds. The molecular formula is C9H3Cl3FN. The SMILES string of the molecule is Fc1cc(Cl)c2ncc(Cl)c(Cl)c2c1. The second kappa shape index (κ2) is 3.54. The quantitative estimate of drug-likeness (QED) is 0.678. The summed E-state index contributed by atoms with van der Waals surface area (Å²) in [4.78, 5) is 3.97. The normalized spacial score (nSPS) is 10.9. The molecule has 0 fully saturated rings. The summed E-state index contributed by atoms with van der Waals surface area (Å²) in [6.07, 6.45) is 1.38. The predicted molar refractivity (Wildman–Crippen MR) is 56.7 cm³/mol. The van der Waals surface area contributed by atoms with Crippen molar-refractivity contribution in [3.05, 3.63) is 39.2 Å². The lowest BCUT2D eigenvalue weighted by atomic mass is 10.2. The summed E-state index contributed by atoms with van der Waals surface area (Å²) in [5.41, 5.74) is 0.447. The van der Waals surface area contributed by atoms with Crippen molar-refractivity contribution in [2.45, 2.75) is 0 Å². The maximum absolute atomic E-state index is 13.0. The minimum atomic E-state index is -0.464. The fourth-order valence-corrected chi connectivity index (χ4v) is 1.77. The Hall–Kier alpha value is -0.570. The molecule has 2 aromatic rings. The van der Waals surface area contributed by atoms with Crippen LogP contribution in [0, 0.1) is 5.82 Å². The van der Waals surface area contributed by atoms with Gasteiger partial charge >= 0.3 is 0 Å². The highest BCUT2D eigenvalue weighted by Crippen LogP contribution is 2.32. The van der Waals surface area contributed by atoms with Gasteiger partial charge in [-0.3, -0.25) is 4.98 Å². The number of hydrogen-bond donors (Lipinski definition) is 0. The van der Waals surface area contributed by atoms with Crippen molar-refractivity contribution >= 4 is 45.7 Å². The van der Waals surface area contributed by atoms with E-state index in [0.717, 1.165) is 0 Å². The molecule has 0 saturated carbocycles. The molecule has 0 N–H and O–H groups in total. The van der Waals surface area contributed by atoms with E-state index in [1.165, 1.54) is 18.3 Å². The highest BCUT2D eigenvalue weighted by Gasteiger charge is 2.09. The summed E-state index contributed by atoms with van der Waals surface area (Å²) in [6, 6.07) is 2.43. The number of rotatable bonds is 0. The number of halogens is 4. The Bertz CT molecular complexity index is 513. The van der Waals surface area contributed by atoms with Gasteiger partial charge in [0.2, 0.25) is 0 Å². The number of hydrogen-bond acceptors (Lipinski definition) is 1. The van der Waals surface area contributed by atoms with Gasteiger partial charge in [0.05, 0.1) is 20.6 Å². The average molecular weight is 250 g/mol.